The van der Waals surface area contributed by atoms with Crippen LogP contribution in [0.2, 0.25) is 0 Å². The molecule has 0 bridgehead atoms. The Morgan fingerprint density at radius 2 is 2.25 bits per heavy atom. The monoisotopic (exact) mass is 171 g/mol. The van der Waals surface area contributed by atoms with Crippen LogP contribution in [0.3, 0.4) is 0 Å². The van der Waals surface area contributed by atoms with Crippen molar-refractivity contribution in [1.29, 1.82) is 0 Å². The molecule has 0 heterocycles. The van der Waals surface area contributed by atoms with Crippen LogP contribution in [0.1, 0.15) is 33.1 Å². The van der Waals surface area contributed by atoms with Gasteiger partial charge in [0, 0.05) is 19.2 Å². The molecule has 0 amide bonds. The fourth-order valence-corrected chi connectivity index (χ4v) is 1.91. The van der Waals surface area contributed by atoms with Crippen LogP contribution >= 0.6 is 0 Å². The highest BCUT2D eigenvalue weighted by atomic mass is 16.5. The zero-order valence-electron chi connectivity index (χ0n) is 8.31. The average molecular weight is 171 g/mol. The molecule has 1 fully saturated rings. The summed E-state index contributed by atoms with van der Waals surface area (Å²) in [6.45, 7) is 7.09. The first kappa shape index (κ1) is 10.0. The molecular weight excluding hydrogens is 150 g/mol. The molecule has 0 aliphatic heterocycles. The first-order chi connectivity index (χ1) is 5.84. The van der Waals surface area contributed by atoms with Gasteiger partial charge in [-0.1, -0.05) is 13.3 Å². The minimum Gasteiger partial charge on any atom is -0.380 e. The molecule has 1 rings (SSSR count). The van der Waals surface area contributed by atoms with Gasteiger partial charge in [-0.15, -0.1) is 0 Å². The quantitative estimate of drug-likeness (QED) is 0.637. The lowest BCUT2D eigenvalue weighted by Gasteiger charge is -2.16. The maximum Gasteiger partial charge on any atom is 0.0590 e. The number of rotatable bonds is 5. The number of nitrogens with one attached hydrogen (secondary N) is 1. The summed E-state index contributed by atoms with van der Waals surface area (Å²) < 4.78 is 5.27. The van der Waals surface area contributed by atoms with Crippen LogP contribution in [-0.4, -0.2) is 25.8 Å². The van der Waals surface area contributed by atoms with Gasteiger partial charge in [-0.25, -0.2) is 0 Å². The molecule has 0 aromatic rings. The smallest absolute Gasteiger partial charge is 0.0590 e. The van der Waals surface area contributed by atoms with Gasteiger partial charge in [0.1, 0.15) is 0 Å². The van der Waals surface area contributed by atoms with Crippen LogP contribution in [0.25, 0.3) is 0 Å². The van der Waals surface area contributed by atoms with Crippen LogP contribution in [0, 0.1) is 5.92 Å². The van der Waals surface area contributed by atoms with E-state index in [-0.39, 0.29) is 0 Å². The molecule has 1 saturated carbocycles. The van der Waals surface area contributed by atoms with E-state index in [9.17, 15) is 0 Å². The molecule has 1 aliphatic carbocycles. The Labute approximate surface area is 75.7 Å². The van der Waals surface area contributed by atoms with E-state index in [1.807, 2.05) is 6.92 Å². The van der Waals surface area contributed by atoms with E-state index in [0.717, 1.165) is 31.7 Å². The predicted molar refractivity (Wildman–Crippen MR) is 51.3 cm³/mol. The van der Waals surface area contributed by atoms with Crippen molar-refractivity contribution in [3.8, 4) is 0 Å². The summed E-state index contributed by atoms with van der Waals surface area (Å²) in [7, 11) is 0. The van der Waals surface area contributed by atoms with Crippen molar-refractivity contribution in [1.82, 2.24) is 5.32 Å². The lowest BCUT2D eigenvalue weighted by Crippen LogP contribution is -2.33. The van der Waals surface area contributed by atoms with E-state index in [0.29, 0.717) is 0 Å². The zero-order valence-corrected chi connectivity index (χ0v) is 8.31. The molecule has 0 saturated heterocycles. The Bertz CT molecular complexity index is 116. The van der Waals surface area contributed by atoms with Gasteiger partial charge in [-0.05, 0) is 25.7 Å². The summed E-state index contributed by atoms with van der Waals surface area (Å²) in [5.74, 6) is 0.867. The third-order valence-electron chi connectivity index (χ3n) is 2.72. The van der Waals surface area contributed by atoms with Crippen molar-refractivity contribution in [3.63, 3.8) is 0 Å². The van der Waals surface area contributed by atoms with Crippen molar-refractivity contribution in [2.24, 2.45) is 5.92 Å². The van der Waals surface area contributed by atoms with E-state index in [4.69, 9.17) is 4.74 Å². The molecule has 0 aromatic heterocycles. The van der Waals surface area contributed by atoms with Crippen molar-refractivity contribution >= 4 is 0 Å². The molecule has 0 spiro atoms. The third kappa shape index (κ3) is 3.11. The van der Waals surface area contributed by atoms with Crippen LogP contribution < -0.4 is 5.32 Å². The van der Waals surface area contributed by atoms with E-state index in [1.165, 1.54) is 19.3 Å². The Morgan fingerprint density at radius 1 is 1.42 bits per heavy atom. The molecule has 1 N–H and O–H groups in total. The largest absolute Gasteiger partial charge is 0.380 e. The Hall–Kier alpha value is -0.0800. The first-order valence-corrected chi connectivity index (χ1v) is 5.15. The van der Waals surface area contributed by atoms with E-state index in [2.05, 4.69) is 12.2 Å². The molecule has 0 unspecified atom stereocenters. The van der Waals surface area contributed by atoms with E-state index in [1.54, 1.807) is 0 Å². The third-order valence-corrected chi connectivity index (χ3v) is 2.72. The molecule has 2 atom stereocenters. The molecule has 72 valence electrons. The lowest BCUT2D eigenvalue weighted by atomic mass is 10.1. The molecular formula is C10H21NO. The number of hydrogen-bond donors (Lipinski definition) is 1. The van der Waals surface area contributed by atoms with E-state index >= 15 is 0 Å². The van der Waals surface area contributed by atoms with Crippen molar-refractivity contribution < 1.29 is 4.74 Å². The van der Waals surface area contributed by atoms with Crippen molar-refractivity contribution in [2.45, 2.75) is 39.2 Å². The number of hydrogen-bond acceptors (Lipinski definition) is 2. The van der Waals surface area contributed by atoms with Crippen molar-refractivity contribution in [2.75, 3.05) is 19.8 Å². The van der Waals surface area contributed by atoms with Gasteiger partial charge in [0.15, 0.2) is 0 Å². The molecule has 0 aromatic carbocycles. The maximum atomic E-state index is 5.27. The summed E-state index contributed by atoms with van der Waals surface area (Å²) >= 11 is 0. The van der Waals surface area contributed by atoms with Crippen molar-refractivity contribution in [3.05, 3.63) is 0 Å². The van der Waals surface area contributed by atoms with Gasteiger partial charge < -0.3 is 10.1 Å². The SMILES string of the molecule is CCOCCN[C@H]1CCC[C@@H]1C. The summed E-state index contributed by atoms with van der Waals surface area (Å²) in [5.41, 5.74) is 0. The zero-order chi connectivity index (χ0) is 8.81. The molecule has 12 heavy (non-hydrogen) atoms. The summed E-state index contributed by atoms with van der Waals surface area (Å²) in [6, 6.07) is 0.755. The second-order valence-corrected chi connectivity index (χ2v) is 3.67. The Balaban J connectivity index is 1.98. The molecule has 2 heteroatoms. The standard InChI is InChI=1S/C10H21NO/c1-3-12-8-7-11-10-6-4-5-9(10)2/h9-11H,3-8H2,1-2H3/t9-,10-/m0/s1. The molecule has 2 nitrogen and oxygen atoms in total. The summed E-state index contributed by atoms with van der Waals surface area (Å²) in [6.07, 6.45) is 4.15. The first-order valence-electron chi connectivity index (χ1n) is 5.15. The van der Waals surface area contributed by atoms with Gasteiger partial charge in [-0.3, -0.25) is 0 Å². The average Bonchev–Trinajstić information content (AvgIpc) is 2.46. The second kappa shape index (κ2) is 5.55. The Kier molecular flexibility index (Phi) is 4.62. The van der Waals surface area contributed by atoms with Crippen LogP contribution in [0.5, 0.6) is 0 Å². The predicted octanol–water partition coefficient (Wildman–Crippen LogP) is 1.80. The maximum absolute atomic E-state index is 5.27. The Morgan fingerprint density at radius 3 is 2.83 bits per heavy atom. The number of ether oxygens (including phenoxy) is 1. The minimum atomic E-state index is 0.755. The van der Waals surface area contributed by atoms with Gasteiger partial charge in [0.25, 0.3) is 0 Å². The van der Waals surface area contributed by atoms with Gasteiger partial charge in [0.2, 0.25) is 0 Å². The van der Waals surface area contributed by atoms with Crippen LogP contribution in [0.4, 0.5) is 0 Å². The lowest BCUT2D eigenvalue weighted by molar-refractivity contribution is 0.145. The van der Waals surface area contributed by atoms with E-state index < -0.39 is 0 Å². The van der Waals surface area contributed by atoms with Crippen LogP contribution in [-0.2, 0) is 4.74 Å². The van der Waals surface area contributed by atoms with Gasteiger partial charge in [0.05, 0.1) is 6.61 Å². The normalized spacial score (nSPS) is 29.5. The summed E-state index contributed by atoms with van der Waals surface area (Å²) in [4.78, 5) is 0. The molecule has 1 aliphatic rings. The fourth-order valence-electron chi connectivity index (χ4n) is 1.91. The van der Waals surface area contributed by atoms with Gasteiger partial charge in [-0.2, -0.15) is 0 Å². The topological polar surface area (TPSA) is 21.3 Å². The van der Waals surface area contributed by atoms with Gasteiger partial charge >= 0.3 is 0 Å². The highest BCUT2D eigenvalue weighted by Gasteiger charge is 2.21. The highest BCUT2D eigenvalue weighted by molar-refractivity contribution is 4.79. The highest BCUT2D eigenvalue weighted by Crippen LogP contribution is 2.24. The second-order valence-electron chi connectivity index (χ2n) is 3.67. The minimum absolute atomic E-state index is 0.755. The van der Waals surface area contributed by atoms with Crippen LogP contribution in [0.15, 0.2) is 0 Å². The summed E-state index contributed by atoms with van der Waals surface area (Å²) in [5, 5.41) is 3.54. The molecule has 0 radical (unpaired) electrons. The fraction of sp³-hybridized carbons (Fsp3) is 1.00.